The first-order valence-corrected chi connectivity index (χ1v) is 9.36. The molecule has 134 valence electrons. The number of ether oxygens (including phenoxy) is 2. The Kier molecular flexibility index (Phi) is 15.7. The second-order valence-corrected chi connectivity index (χ2v) is 7.29. The third-order valence-corrected chi connectivity index (χ3v) is 3.76. The molecule has 3 heteroatoms. The van der Waals surface area contributed by atoms with Crippen LogP contribution in [0.4, 0.5) is 0 Å². The van der Waals surface area contributed by atoms with Gasteiger partial charge in [-0.15, -0.1) is 0 Å². The van der Waals surface area contributed by atoms with E-state index in [-0.39, 0.29) is 0 Å². The number of unbranched alkanes of at least 4 members (excludes halogenated alkanes) is 4. The highest BCUT2D eigenvalue weighted by molar-refractivity contribution is 4.53. The van der Waals surface area contributed by atoms with Crippen molar-refractivity contribution in [3.63, 3.8) is 0 Å². The predicted molar refractivity (Wildman–Crippen MR) is 94.3 cm³/mol. The molecule has 0 aliphatic carbocycles. The van der Waals surface area contributed by atoms with Crippen molar-refractivity contribution >= 4 is 0 Å². The van der Waals surface area contributed by atoms with Crippen LogP contribution in [0.1, 0.15) is 79.1 Å². The van der Waals surface area contributed by atoms with Crippen LogP contribution in [0.15, 0.2) is 0 Å². The van der Waals surface area contributed by atoms with Crippen LogP contribution in [0.2, 0.25) is 0 Å². The molecule has 0 fully saturated rings. The van der Waals surface area contributed by atoms with Crippen LogP contribution in [0.5, 0.6) is 0 Å². The molecule has 0 aromatic rings. The van der Waals surface area contributed by atoms with Gasteiger partial charge >= 0.3 is 0 Å². The molecule has 0 unspecified atom stereocenters. The molecule has 3 nitrogen and oxygen atoms in total. The van der Waals surface area contributed by atoms with Crippen molar-refractivity contribution in [1.82, 2.24) is 0 Å². The lowest BCUT2D eigenvalue weighted by Crippen LogP contribution is -2.22. The maximum absolute atomic E-state index is 9.75. The van der Waals surface area contributed by atoms with Crippen molar-refractivity contribution in [2.45, 2.75) is 85.2 Å². The molecule has 0 amide bonds. The lowest BCUT2D eigenvalue weighted by atomic mass is 10.1. The zero-order valence-electron chi connectivity index (χ0n) is 15.5. The minimum Gasteiger partial charge on any atom is -0.388 e. The van der Waals surface area contributed by atoms with Crippen LogP contribution in [-0.2, 0) is 9.47 Å². The van der Waals surface area contributed by atoms with E-state index in [1.165, 1.54) is 38.5 Å². The summed E-state index contributed by atoms with van der Waals surface area (Å²) >= 11 is 0. The van der Waals surface area contributed by atoms with Crippen molar-refractivity contribution in [3.8, 4) is 0 Å². The molecule has 0 aromatic carbocycles. The molecule has 0 radical (unpaired) electrons. The number of rotatable bonds is 16. The van der Waals surface area contributed by atoms with Crippen molar-refractivity contribution in [3.05, 3.63) is 0 Å². The van der Waals surface area contributed by atoms with Gasteiger partial charge in [0, 0.05) is 13.2 Å². The number of hydrogen-bond donors (Lipinski definition) is 1. The topological polar surface area (TPSA) is 38.7 Å². The Labute approximate surface area is 138 Å². The Morgan fingerprint density at radius 1 is 0.636 bits per heavy atom. The number of hydrogen-bond acceptors (Lipinski definition) is 3. The number of aliphatic hydroxyl groups is 1. The zero-order valence-corrected chi connectivity index (χ0v) is 15.5. The molecule has 22 heavy (non-hydrogen) atoms. The first-order valence-electron chi connectivity index (χ1n) is 9.36. The van der Waals surface area contributed by atoms with E-state index in [1.54, 1.807) is 0 Å². The quantitative estimate of drug-likeness (QED) is 0.415. The molecule has 0 bridgehead atoms. The van der Waals surface area contributed by atoms with Crippen molar-refractivity contribution < 1.29 is 14.6 Å². The fourth-order valence-corrected chi connectivity index (χ4v) is 2.35. The van der Waals surface area contributed by atoms with E-state index < -0.39 is 6.10 Å². The monoisotopic (exact) mass is 316 g/mol. The highest BCUT2D eigenvalue weighted by Crippen LogP contribution is 2.09. The Morgan fingerprint density at radius 3 is 1.41 bits per heavy atom. The van der Waals surface area contributed by atoms with E-state index in [1.807, 2.05) is 0 Å². The summed E-state index contributed by atoms with van der Waals surface area (Å²) < 4.78 is 11.0. The van der Waals surface area contributed by atoms with Crippen LogP contribution in [0.3, 0.4) is 0 Å². The van der Waals surface area contributed by atoms with Gasteiger partial charge in [0.05, 0.1) is 13.2 Å². The van der Waals surface area contributed by atoms with E-state index in [0.717, 1.165) is 37.9 Å². The van der Waals surface area contributed by atoms with Crippen molar-refractivity contribution in [2.75, 3.05) is 26.4 Å². The summed E-state index contributed by atoms with van der Waals surface area (Å²) in [5.41, 5.74) is 0. The predicted octanol–water partition coefficient (Wildman–Crippen LogP) is 4.81. The summed E-state index contributed by atoms with van der Waals surface area (Å²) in [6.07, 6.45) is 9.31. The lowest BCUT2D eigenvalue weighted by Gasteiger charge is -2.12. The summed E-state index contributed by atoms with van der Waals surface area (Å²) in [4.78, 5) is 0. The molecule has 0 spiro atoms. The Hall–Kier alpha value is -0.120. The van der Waals surface area contributed by atoms with Crippen LogP contribution < -0.4 is 0 Å². The molecule has 0 atom stereocenters. The molecule has 0 aromatic heterocycles. The van der Waals surface area contributed by atoms with Crippen molar-refractivity contribution in [1.29, 1.82) is 0 Å². The first-order chi connectivity index (χ1) is 10.5. The van der Waals surface area contributed by atoms with Gasteiger partial charge in [-0.2, -0.15) is 0 Å². The Balaban J connectivity index is 3.18. The second kappa shape index (κ2) is 15.8. The van der Waals surface area contributed by atoms with Gasteiger partial charge in [0.1, 0.15) is 6.10 Å². The van der Waals surface area contributed by atoms with E-state index in [0.29, 0.717) is 13.2 Å². The van der Waals surface area contributed by atoms with Gasteiger partial charge in [-0.3, -0.25) is 0 Å². The molecule has 0 rings (SSSR count). The van der Waals surface area contributed by atoms with Crippen LogP contribution >= 0.6 is 0 Å². The lowest BCUT2D eigenvalue weighted by molar-refractivity contribution is -0.0201. The van der Waals surface area contributed by atoms with Gasteiger partial charge in [0.2, 0.25) is 0 Å². The van der Waals surface area contributed by atoms with Crippen LogP contribution in [0, 0.1) is 11.8 Å². The second-order valence-electron chi connectivity index (χ2n) is 7.29. The maximum atomic E-state index is 9.75. The standard InChI is InChI=1S/C19H40O3/c1-17(2)11-7-5-9-13-21-15-19(20)16-22-14-10-6-8-12-18(3)4/h17-20H,5-16H2,1-4H3. The van der Waals surface area contributed by atoms with Gasteiger partial charge in [-0.1, -0.05) is 66.2 Å². The SMILES string of the molecule is CC(C)CCCCCOCC(O)COCCCCCC(C)C. The highest BCUT2D eigenvalue weighted by Gasteiger charge is 2.04. The van der Waals surface area contributed by atoms with Gasteiger partial charge in [-0.25, -0.2) is 0 Å². The molecular weight excluding hydrogens is 276 g/mol. The fourth-order valence-electron chi connectivity index (χ4n) is 2.35. The van der Waals surface area contributed by atoms with E-state index >= 15 is 0 Å². The third kappa shape index (κ3) is 17.9. The Bertz CT molecular complexity index is 195. The first kappa shape index (κ1) is 21.9. The smallest absolute Gasteiger partial charge is 0.101 e. The molecule has 0 saturated heterocycles. The molecular formula is C19H40O3. The highest BCUT2D eigenvalue weighted by atomic mass is 16.5. The largest absolute Gasteiger partial charge is 0.388 e. The van der Waals surface area contributed by atoms with Gasteiger partial charge in [0.25, 0.3) is 0 Å². The fraction of sp³-hybridized carbons (Fsp3) is 1.00. The van der Waals surface area contributed by atoms with Gasteiger partial charge in [0.15, 0.2) is 0 Å². The molecule has 1 N–H and O–H groups in total. The molecule has 0 heterocycles. The summed E-state index contributed by atoms with van der Waals surface area (Å²) in [7, 11) is 0. The van der Waals surface area contributed by atoms with E-state index in [2.05, 4.69) is 27.7 Å². The van der Waals surface area contributed by atoms with Crippen LogP contribution in [-0.4, -0.2) is 37.6 Å². The van der Waals surface area contributed by atoms with Crippen molar-refractivity contribution in [2.24, 2.45) is 11.8 Å². The third-order valence-electron chi connectivity index (χ3n) is 3.76. The molecule has 0 saturated carbocycles. The number of aliphatic hydroxyl groups excluding tert-OH is 1. The Morgan fingerprint density at radius 2 is 1.05 bits per heavy atom. The summed E-state index contributed by atoms with van der Waals surface area (Å²) in [5.74, 6) is 1.59. The van der Waals surface area contributed by atoms with E-state index in [9.17, 15) is 5.11 Å². The molecule has 0 aliphatic heterocycles. The zero-order chi connectivity index (χ0) is 16.6. The summed E-state index contributed by atoms with van der Waals surface area (Å²) in [6.45, 7) is 11.4. The summed E-state index contributed by atoms with van der Waals surface area (Å²) in [5, 5.41) is 9.75. The average molecular weight is 317 g/mol. The van der Waals surface area contributed by atoms with Gasteiger partial charge in [-0.05, 0) is 24.7 Å². The maximum Gasteiger partial charge on any atom is 0.101 e. The van der Waals surface area contributed by atoms with Gasteiger partial charge < -0.3 is 14.6 Å². The van der Waals surface area contributed by atoms with Crippen LogP contribution in [0.25, 0.3) is 0 Å². The van der Waals surface area contributed by atoms with E-state index in [4.69, 9.17) is 9.47 Å². The normalized spacial score (nSPS) is 12.0. The minimum atomic E-state index is -0.480. The minimum absolute atomic E-state index is 0.400. The molecule has 0 aliphatic rings. The summed E-state index contributed by atoms with van der Waals surface area (Å²) in [6, 6.07) is 0. The average Bonchev–Trinajstić information content (AvgIpc) is 2.44.